The summed E-state index contributed by atoms with van der Waals surface area (Å²) in [6.07, 6.45) is 7.35. The first-order valence-corrected chi connectivity index (χ1v) is 8.03. The van der Waals surface area contributed by atoms with Crippen molar-refractivity contribution in [2.75, 3.05) is 0 Å². The fourth-order valence-electron chi connectivity index (χ4n) is 2.75. The Morgan fingerprint density at radius 3 is 2.84 bits per heavy atom. The Balaban J connectivity index is 0.00000243. The van der Waals surface area contributed by atoms with Gasteiger partial charge in [0.1, 0.15) is 0 Å². The summed E-state index contributed by atoms with van der Waals surface area (Å²) in [5.41, 5.74) is 6.20. The average molecular weight is 327 g/mol. The zero-order valence-electron chi connectivity index (χ0n) is 15.0. The van der Waals surface area contributed by atoms with Crippen LogP contribution in [0.2, 0.25) is 0 Å². The van der Waals surface area contributed by atoms with E-state index in [0.717, 1.165) is 33.0 Å². The quantitative estimate of drug-likeness (QED) is 0.440. The second kappa shape index (κ2) is 7.46. The first-order chi connectivity index (χ1) is 12.2. The summed E-state index contributed by atoms with van der Waals surface area (Å²) in [6.45, 7) is 1.98. The molecule has 3 nitrogen and oxygen atoms in total. The van der Waals surface area contributed by atoms with Crippen molar-refractivity contribution in [2.24, 2.45) is 5.10 Å². The number of rotatable bonds is 4. The van der Waals surface area contributed by atoms with Gasteiger partial charge in [-0.25, -0.2) is 5.43 Å². The molecule has 0 bridgehead atoms. The highest BCUT2D eigenvalue weighted by Gasteiger charge is 2.06. The van der Waals surface area contributed by atoms with Crippen LogP contribution in [0, 0.1) is 19.3 Å². The fourth-order valence-corrected chi connectivity index (χ4v) is 2.75. The van der Waals surface area contributed by atoms with Gasteiger partial charge in [0.25, 0.3) is 0 Å². The van der Waals surface area contributed by atoms with E-state index >= 15 is 0 Å². The highest BCUT2D eigenvalue weighted by molar-refractivity contribution is 5.91. The van der Waals surface area contributed by atoms with Crippen molar-refractivity contribution in [1.82, 2.24) is 5.43 Å². The van der Waals surface area contributed by atoms with E-state index in [-0.39, 0.29) is 13.8 Å². The van der Waals surface area contributed by atoms with Gasteiger partial charge < -0.3 is 0 Å². The van der Waals surface area contributed by atoms with Crippen molar-refractivity contribution in [3.8, 4) is 12.3 Å². The van der Waals surface area contributed by atoms with Crippen molar-refractivity contribution in [3.63, 3.8) is 0 Å². The lowest BCUT2D eigenvalue weighted by atomic mass is 10.0. The lowest BCUT2D eigenvalue weighted by Crippen LogP contribution is -2.20. The number of hydrazone groups is 1. The zero-order valence-corrected chi connectivity index (χ0v) is 14.0. The van der Waals surface area contributed by atoms with Gasteiger partial charge in [-0.05, 0) is 35.4 Å². The Hall–Kier alpha value is -3.38. The van der Waals surface area contributed by atoms with Crippen LogP contribution in [-0.2, 0) is 11.2 Å². The molecule has 0 fully saturated rings. The molecule has 3 aromatic carbocycles. The summed E-state index contributed by atoms with van der Waals surface area (Å²) in [5.74, 6) is 2.45. The number of terminal acetylenes is 1. The van der Waals surface area contributed by atoms with E-state index in [2.05, 4.69) is 16.4 Å². The summed E-state index contributed by atoms with van der Waals surface area (Å²) in [7, 11) is 0. The summed E-state index contributed by atoms with van der Waals surface area (Å²) >= 11 is 0. The second-order valence-electron chi connectivity index (χ2n) is 5.84. The second-order valence-corrected chi connectivity index (χ2v) is 5.84. The molecule has 0 aliphatic heterocycles. The van der Waals surface area contributed by atoms with Gasteiger partial charge in [0, 0.05) is 12.6 Å². The first kappa shape index (κ1) is 16.5. The van der Waals surface area contributed by atoms with Crippen LogP contribution in [-0.4, -0.2) is 12.1 Å². The van der Waals surface area contributed by atoms with Gasteiger partial charge in [0.05, 0.1) is 12.6 Å². The zero-order chi connectivity index (χ0) is 17.6. The Morgan fingerprint density at radius 2 is 2.00 bits per heavy atom. The number of carbonyl (C=O) groups is 1. The SMILES string of the molecule is C#Cc1ccc(C)cc1/C=N/NC(=O)Cc1cccc2ccccc12.[H]. The predicted octanol–water partition coefficient (Wildman–Crippen LogP) is 3.93. The normalized spacial score (nSPS) is 10.7. The van der Waals surface area contributed by atoms with Crippen molar-refractivity contribution >= 4 is 22.9 Å². The van der Waals surface area contributed by atoms with E-state index < -0.39 is 0 Å². The van der Waals surface area contributed by atoms with E-state index in [0.29, 0.717) is 0 Å². The molecule has 0 unspecified atom stereocenters. The lowest BCUT2D eigenvalue weighted by molar-refractivity contribution is -0.120. The van der Waals surface area contributed by atoms with E-state index in [1.807, 2.05) is 67.6 Å². The van der Waals surface area contributed by atoms with Gasteiger partial charge in [-0.15, -0.1) is 6.42 Å². The van der Waals surface area contributed by atoms with E-state index in [1.54, 1.807) is 6.21 Å². The van der Waals surface area contributed by atoms with Gasteiger partial charge >= 0.3 is 0 Å². The monoisotopic (exact) mass is 327 g/mol. The van der Waals surface area contributed by atoms with Crippen LogP contribution < -0.4 is 5.43 Å². The average Bonchev–Trinajstić information content (AvgIpc) is 2.62. The Kier molecular flexibility index (Phi) is 4.92. The Labute approximate surface area is 148 Å². The standard InChI is InChI=1S/C22H18N2O.H/c1-3-17-12-11-16(2)13-20(17)15-23-24-22(25)14-19-9-6-8-18-7-4-5-10-21(18)19;/h1,4-13,15H,14H2,2H3,(H,24,25);/b23-15+;. The topological polar surface area (TPSA) is 41.5 Å². The number of hydrogen-bond donors (Lipinski definition) is 1. The smallest absolute Gasteiger partial charge is 0.244 e. The van der Waals surface area contributed by atoms with Crippen LogP contribution in [0.15, 0.2) is 65.8 Å². The van der Waals surface area contributed by atoms with E-state index in [9.17, 15) is 4.79 Å². The minimum atomic E-state index is -0.164. The number of nitrogens with zero attached hydrogens (tertiary/aromatic N) is 1. The van der Waals surface area contributed by atoms with Crippen LogP contribution in [0.3, 0.4) is 0 Å². The molecule has 0 aromatic heterocycles. The number of aryl methyl sites for hydroxylation is 1. The van der Waals surface area contributed by atoms with Crippen molar-refractivity contribution in [1.29, 1.82) is 0 Å². The first-order valence-electron chi connectivity index (χ1n) is 8.03. The molecule has 25 heavy (non-hydrogen) atoms. The van der Waals surface area contributed by atoms with Gasteiger partial charge in [-0.3, -0.25) is 4.79 Å². The highest BCUT2D eigenvalue weighted by atomic mass is 16.2. The number of hydrogen-bond acceptors (Lipinski definition) is 2. The molecule has 1 radical (unpaired) electrons. The molecule has 0 saturated carbocycles. The van der Waals surface area contributed by atoms with Crippen molar-refractivity contribution < 1.29 is 6.22 Å². The molecule has 3 rings (SSSR count). The molecule has 0 aliphatic carbocycles. The van der Waals surface area contributed by atoms with Crippen LogP contribution >= 0.6 is 0 Å². The number of benzene rings is 3. The largest absolute Gasteiger partial charge is 0.273 e. The number of carbonyl (C=O) groups excluding carboxylic acids is 1. The molecular weight excluding hydrogens is 308 g/mol. The van der Waals surface area contributed by atoms with Crippen LogP contribution in [0.1, 0.15) is 23.7 Å². The molecule has 3 aromatic rings. The molecule has 123 valence electrons. The van der Waals surface area contributed by atoms with Gasteiger partial charge in [-0.2, -0.15) is 5.10 Å². The number of amides is 1. The van der Waals surface area contributed by atoms with Gasteiger partial charge in [0.2, 0.25) is 5.91 Å². The lowest BCUT2D eigenvalue weighted by Gasteiger charge is -2.05. The minimum Gasteiger partial charge on any atom is -0.273 e. The third-order valence-corrected chi connectivity index (χ3v) is 3.99. The van der Waals surface area contributed by atoms with Crippen LogP contribution in [0.5, 0.6) is 0 Å². The molecule has 0 spiro atoms. The molecule has 0 saturated heterocycles. The predicted molar refractivity (Wildman–Crippen MR) is 104 cm³/mol. The minimum absolute atomic E-state index is 0. The van der Waals surface area contributed by atoms with E-state index in [1.165, 1.54) is 0 Å². The maximum Gasteiger partial charge on any atom is 0.244 e. The molecular formula is C22H19N2O. The summed E-state index contributed by atoms with van der Waals surface area (Å²) in [6, 6.07) is 19.7. The third-order valence-electron chi connectivity index (χ3n) is 3.99. The maximum atomic E-state index is 12.2. The Bertz CT molecular complexity index is 997. The maximum absolute atomic E-state index is 12.2. The number of nitrogens with one attached hydrogen (secondary N) is 1. The van der Waals surface area contributed by atoms with Crippen LogP contribution in [0.4, 0.5) is 0 Å². The third kappa shape index (κ3) is 3.94. The van der Waals surface area contributed by atoms with Crippen molar-refractivity contribution in [3.05, 3.63) is 82.9 Å². The molecule has 0 heterocycles. The fraction of sp³-hybridized carbons (Fsp3) is 0.0909. The summed E-state index contributed by atoms with van der Waals surface area (Å²) in [4.78, 5) is 12.2. The van der Waals surface area contributed by atoms with Crippen LogP contribution in [0.25, 0.3) is 10.8 Å². The summed E-state index contributed by atoms with van der Waals surface area (Å²) < 4.78 is 0. The molecule has 1 amide bonds. The highest BCUT2D eigenvalue weighted by Crippen LogP contribution is 2.18. The molecule has 1 N–H and O–H groups in total. The van der Waals surface area contributed by atoms with Gasteiger partial charge in [0.15, 0.2) is 0 Å². The molecule has 0 atom stereocenters. The number of fused-ring (bicyclic) bond motifs is 1. The van der Waals surface area contributed by atoms with Gasteiger partial charge in [-0.1, -0.05) is 60.0 Å². The molecule has 0 aliphatic rings. The van der Waals surface area contributed by atoms with Crippen molar-refractivity contribution in [2.45, 2.75) is 13.3 Å². The molecule has 3 heteroatoms. The Morgan fingerprint density at radius 1 is 1.20 bits per heavy atom. The summed E-state index contributed by atoms with van der Waals surface area (Å²) in [5, 5.41) is 6.25. The van der Waals surface area contributed by atoms with E-state index in [4.69, 9.17) is 6.42 Å².